The van der Waals surface area contributed by atoms with E-state index in [9.17, 15) is 4.79 Å². The van der Waals surface area contributed by atoms with Crippen molar-refractivity contribution in [2.75, 3.05) is 0 Å². The normalized spacial score (nSPS) is 18.7. The van der Waals surface area contributed by atoms with Gasteiger partial charge < -0.3 is 9.73 Å². The average Bonchev–Trinajstić information content (AvgIpc) is 2.67. The number of rotatable bonds is 1. The van der Waals surface area contributed by atoms with Crippen LogP contribution in [-0.2, 0) is 4.79 Å². The van der Waals surface area contributed by atoms with Crippen molar-refractivity contribution in [3.63, 3.8) is 0 Å². The van der Waals surface area contributed by atoms with Crippen molar-refractivity contribution >= 4 is 12.0 Å². The molecule has 0 saturated carbocycles. The maximum absolute atomic E-state index is 11.5. The maximum Gasteiger partial charge on any atom is 0.256 e. The van der Waals surface area contributed by atoms with Crippen molar-refractivity contribution in [3.05, 3.63) is 53.7 Å². The number of furan rings is 1. The zero-order chi connectivity index (χ0) is 11.0. The van der Waals surface area contributed by atoms with E-state index in [4.69, 9.17) is 4.42 Å². The van der Waals surface area contributed by atoms with Gasteiger partial charge in [-0.2, -0.15) is 0 Å². The van der Waals surface area contributed by atoms with Crippen LogP contribution >= 0.6 is 0 Å². The molecule has 0 unspecified atom stereocenters. The highest BCUT2D eigenvalue weighted by Gasteiger charge is 2.24. The Hall–Kier alpha value is -2.03. The first-order chi connectivity index (χ1) is 7.09. The minimum absolute atomic E-state index is 0.180. The number of hydrogen-bond donors (Lipinski definition) is 1. The van der Waals surface area contributed by atoms with Crippen LogP contribution in [0.1, 0.15) is 11.3 Å². The minimum atomic E-state index is -0.180. The molecule has 15 heavy (non-hydrogen) atoms. The first-order valence-corrected chi connectivity index (χ1v) is 4.55. The maximum atomic E-state index is 11.5. The molecule has 1 amide bonds. The lowest BCUT2D eigenvalue weighted by molar-refractivity contribution is -0.115. The topological polar surface area (TPSA) is 42.2 Å². The third-order valence-corrected chi connectivity index (χ3v) is 2.38. The van der Waals surface area contributed by atoms with Gasteiger partial charge in [0.05, 0.1) is 11.8 Å². The van der Waals surface area contributed by atoms with Crippen LogP contribution in [0.3, 0.4) is 0 Å². The van der Waals surface area contributed by atoms with Crippen LogP contribution in [-0.4, -0.2) is 5.91 Å². The monoisotopic (exact) mass is 201 g/mol. The Bertz CT molecular complexity index is 491. The Labute approximate surface area is 87.8 Å². The molecule has 3 nitrogen and oxygen atoms in total. The second kappa shape index (κ2) is 3.28. The van der Waals surface area contributed by atoms with Crippen molar-refractivity contribution in [2.45, 2.75) is 6.92 Å². The van der Waals surface area contributed by atoms with Gasteiger partial charge in [0.25, 0.3) is 5.91 Å². The lowest BCUT2D eigenvalue weighted by atomic mass is 10.1. The molecule has 3 heteroatoms. The molecule has 0 aliphatic carbocycles. The second-order valence-electron chi connectivity index (χ2n) is 3.44. The third kappa shape index (κ3) is 1.52. The molecule has 1 N–H and O–H groups in total. The summed E-state index contributed by atoms with van der Waals surface area (Å²) in [4.78, 5) is 11.5. The number of amides is 1. The van der Waals surface area contributed by atoms with Crippen LogP contribution in [0, 0.1) is 6.92 Å². The molecule has 0 spiro atoms. The summed E-state index contributed by atoms with van der Waals surface area (Å²) in [7, 11) is 0. The Morgan fingerprint density at radius 2 is 2.20 bits per heavy atom. The molecule has 1 fully saturated rings. The first kappa shape index (κ1) is 9.52. The van der Waals surface area contributed by atoms with Gasteiger partial charge in [0.2, 0.25) is 0 Å². The van der Waals surface area contributed by atoms with E-state index in [1.807, 2.05) is 13.0 Å². The molecule has 0 atom stereocenters. The van der Waals surface area contributed by atoms with E-state index >= 15 is 0 Å². The molecular formula is C12H11NO2. The highest BCUT2D eigenvalue weighted by molar-refractivity contribution is 6.08. The smallest absolute Gasteiger partial charge is 0.256 e. The van der Waals surface area contributed by atoms with E-state index in [-0.39, 0.29) is 5.91 Å². The van der Waals surface area contributed by atoms with Crippen molar-refractivity contribution < 1.29 is 9.21 Å². The molecule has 0 aromatic carbocycles. The minimum Gasteiger partial charge on any atom is -0.465 e. The Morgan fingerprint density at radius 3 is 2.67 bits per heavy atom. The first-order valence-electron chi connectivity index (χ1n) is 4.55. The van der Waals surface area contributed by atoms with Gasteiger partial charge in [0.1, 0.15) is 5.76 Å². The van der Waals surface area contributed by atoms with E-state index in [2.05, 4.69) is 18.5 Å². The summed E-state index contributed by atoms with van der Waals surface area (Å²) in [6.45, 7) is 9.39. The molecule has 1 aromatic rings. The molecule has 1 aliphatic rings. The number of allylic oxidation sites excluding steroid dienone is 1. The zero-order valence-electron chi connectivity index (χ0n) is 8.46. The fourth-order valence-corrected chi connectivity index (χ4v) is 1.40. The van der Waals surface area contributed by atoms with Gasteiger partial charge in [-0.05, 0) is 24.6 Å². The quantitative estimate of drug-likeness (QED) is 0.707. The lowest BCUT2D eigenvalue weighted by Crippen LogP contribution is -2.12. The van der Waals surface area contributed by atoms with Crippen LogP contribution < -0.4 is 5.32 Å². The predicted octanol–water partition coefficient (Wildman–Crippen LogP) is 2.17. The van der Waals surface area contributed by atoms with Crippen molar-refractivity contribution in [1.29, 1.82) is 0 Å². The molecule has 1 aromatic heterocycles. The summed E-state index contributed by atoms with van der Waals surface area (Å²) in [6.07, 6.45) is 3.28. The second-order valence-corrected chi connectivity index (χ2v) is 3.44. The number of nitrogens with one attached hydrogen (secondary N) is 1. The van der Waals surface area contributed by atoms with Gasteiger partial charge in [0, 0.05) is 11.3 Å². The number of carbonyl (C=O) groups excluding carboxylic acids is 1. The summed E-state index contributed by atoms with van der Waals surface area (Å²) in [6, 6.07) is 1.84. The molecule has 76 valence electrons. The van der Waals surface area contributed by atoms with Crippen LogP contribution in [0.5, 0.6) is 0 Å². The van der Waals surface area contributed by atoms with Crippen LogP contribution in [0.25, 0.3) is 6.08 Å². The molecule has 1 saturated heterocycles. The van der Waals surface area contributed by atoms with E-state index in [1.165, 1.54) is 0 Å². The zero-order valence-corrected chi connectivity index (χ0v) is 8.46. The Balaban J connectivity index is 2.44. The molecule has 2 heterocycles. The summed E-state index contributed by atoms with van der Waals surface area (Å²) >= 11 is 0. The fourth-order valence-electron chi connectivity index (χ4n) is 1.40. The number of carbonyl (C=O) groups is 1. The Kier molecular flexibility index (Phi) is 2.08. The van der Waals surface area contributed by atoms with Crippen LogP contribution in [0.2, 0.25) is 0 Å². The number of aryl methyl sites for hydroxylation is 1. The van der Waals surface area contributed by atoms with E-state index in [1.54, 1.807) is 12.3 Å². The van der Waals surface area contributed by atoms with Gasteiger partial charge in [-0.25, -0.2) is 0 Å². The molecule has 1 aliphatic heterocycles. The highest BCUT2D eigenvalue weighted by atomic mass is 16.3. The average molecular weight is 201 g/mol. The third-order valence-electron chi connectivity index (χ3n) is 2.38. The summed E-state index contributed by atoms with van der Waals surface area (Å²) in [5.74, 6) is 0.497. The standard InChI is InChI=1S/C12H11NO2/c1-7-4-5-15-11(7)6-10-8(2)9(3)13-12(10)14/h4-6H,2-3H2,1H3,(H,13,14). The van der Waals surface area contributed by atoms with E-state index in [0.29, 0.717) is 22.6 Å². The molecule has 0 bridgehead atoms. The predicted molar refractivity (Wildman–Crippen MR) is 57.8 cm³/mol. The van der Waals surface area contributed by atoms with Crippen molar-refractivity contribution in [3.8, 4) is 0 Å². The summed E-state index contributed by atoms with van der Waals surface area (Å²) in [5, 5.41) is 2.61. The lowest BCUT2D eigenvalue weighted by Gasteiger charge is -1.94. The molecule has 0 radical (unpaired) electrons. The van der Waals surface area contributed by atoms with Crippen molar-refractivity contribution in [1.82, 2.24) is 5.32 Å². The fraction of sp³-hybridized carbons (Fsp3) is 0.0833. The van der Waals surface area contributed by atoms with Crippen LogP contribution in [0.4, 0.5) is 0 Å². The number of hydrogen-bond acceptors (Lipinski definition) is 2. The van der Waals surface area contributed by atoms with Crippen LogP contribution in [0.15, 0.2) is 46.7 Å². The van der Waals surface area contributed by atoms with E-state index in [0.717, 1.165) is 5.56 Å². The summed E-state index contributed by atoms with van der Waals surface area (Å²) in [5.41, 5.74) is 2.67. The highest BCUT2D eigenvalue weighted by Crippen LogP contribution is 2.25. The van der Waals surface area contributed by atoms with E-state index < -0.39 is 0 Å². The molecular weight excluding hydrogens is 190 g/mol. The largest absolute Gasteiger partial charge is 0.465 e. The summed E-state index contributed by atoms with van der Waals surface area (Å²) < 4.78 is 5.23. The van der Waals surface area contributed by atoms with Gasteiger partial charge in [-0.15, -0.1) is 0 Å². The van der Waals surface area contributed by atoms with Crippen molar-refractivity contribution in [2.24, 2.45) is 0 Å². The van der Waals surface area contributed by atoms with Gasteiger partial charge in [-0.3, -0.25) is 4.79 Å². The van der Waals surface area contributed by atoms with Gasteiger partial charge in [0.15, 0.2) is 0 Å². The van der Waals surface area contributed by atoms with Gasteiger partial charge >= 0.3 is 0 Å². The Morgan fingerprint density at radius 1 is 1.47 bits per heavy atom. The molecule has 2 rings (SSSR count). The SMILES string of the molecule is C=C1NC(=O)C(=Cc2occc2C)C1=C. The van der Waals surface area contributed by atoms with Gasteiger partial charge in [-0.1, -0.05) is 13.2 Å².